The molecular weight excluding hydrogens is 326 g/mol. The molecule has 2 rings (SSSR count). The molecule has 1 atom stereocenters. The van der Waals surface area contributed by atoms with Crippen LogP contribution in [-0.2, 0) is 16.0 Å². The van der Waals surface area contributed by atoms with Gasteiger partial charge < -0.3 is 16.0 Å². The molecular formula is C21H27N3O2. The first-order valence-corrected chi connectivity index (χ1v) is 8.91. The van der Waals surface area contributed by atoms with Crippen molar-refractivity contribution in [1.82, 2.24) is 5.32 Å². The van der Waals surface area contributed by atoms with Crippen molar-refractivity contribution in [3.63, 3.8) is 0 Å². The summed E-state index contributed by atoms with van der Waals surface area (Å²) in [6.45, 7) is 4.23. The number of carbonyl (C=O) groups is 2. The Balaban J connectivity index is 2.03. The molecule has 26 heavy (non-hydrogen) atoms. The maximum Gasteiger partial charge on any atom is 0.246 e. The van der Waals surface area contributed by atoms with Gasteiger partial charge in [-0.2, -0.15) is 0 Å². The average molecular weight is 353 g/mol. The van der Waals surface area contributed by atoms with Gasteiger partial charge >= 0.3 is 0 Å². The number of carbonyl (C=O) groups excluding carboxylic acids is 2. The molecule has 0 aliphatic rings. The monoisotopic (exact) mass is 353 g/mol. The molecule has 0 unspecified atom stereocenters. The third kappa shape index (κ3) is 5.70. The second-order valence-corrected chi connectivity index (χ2v) is 6.60. The molecule has 0 heterocycles. The average Bonchev–Trinajstić information content (AvgIpc) is 2.67. The van der Waals surface area contributed by atoms with Crippen LogP contribution < -0.4 is 16.0 Å². The Morgan fingerprint density at radius 1 is 1.00 bits per heavy atom. The van der Waals surface area contributed by atoms with Crippen LogP contribution >= 0.6 is 0 Å². The van der Waals surface area contributed by atoms with Gasteiger partial charge in [0, 0.05) is 12.2 Å². The fourth-order valence-electron chi connectivity index (χ4n) is 2.57. The van der Waals surface area contributed by atoms with E-state index in [1.54, 1.807) is 4.90 Å². The maximum absolute atomic E-state index is 12.7. The molecule has 2 aromatic carbocycles. The Hall–Kier alpha value is -2.66. The van der Waals surface area contributed by atoms with Gasteiger partial charge in [-0.1, -0.05) is 62.4 Å². The number of nitrogens with zero attached hydrogens (tertiary/aromatic N) is 1. The maximum atomic E-state index is 12.7. The number of nitrogens with one attached hydrogen (secondary N) is 1. The first-order chi connectivity index (χ1) is 12.5. The summed E-state index contributed by atoms with van der Waals surface area (Å²) in [5.74, 6) is -0.436. The third-order valence-corrected chi connectivity index (χ3v) is 4.27. The lowest BCUT2D eigenvalue weighted by molar-refractivity contribution is -0.126. The van der Waals surface area contributed by atoms with E-state index >= 15 is 0 Å². The van der Waals surface area contributed by atoms with Gasteiger partial charge in [-0.3, -0.25) is 9.59 Å². The number of hydrogen-bond donors (Lipinski definition) is 2. The number of rotatable bonds is 8. The summed E-state index contributed by atoms with van der Waals surface area (Å²) < 4.78 is 0. The van der Waals surface area contributed by atoms with Crippen molar-refractivity contribution in [1.29, 1.82) is 0 Å². The zero-order valence-corrected chi connectivity index (χ0v) is 15.4. The van der Waals surface area contributed by atoms with Crippen molar-refractivity contribution in [2.24, 2.45) is 11.7 Å². The summed E-state index contributed by atoms with van der Waals surface area (Å²) >= 11 is 0. The van der Waals surface area contributed by atoms with Crippen molar-refractivity contribution in [2.75, 3.05) is 18.0 Å². The van der Waals surface area contributed by atoms with Gasteiger partial charge in [0.15, 0.2) is 0 Å². The number of hydrogen-bond acceptors (Lipinski definition) is 3. The number of anilines is 1. The number of nitrogens with two attached hydrogens (primary N) is 1. The van der Waals surface area contributed by atoms with Crippen molar-refractivity contribution in [3.8, 4) is 0 Å². The minimum atomic E-state index is -0.614. The third-order valence-electron chi connectivity index (χ3n) is 4.27. The van der Waals surface area contributed by atoms with Gasteiger partial charge in [0.05, 0.1) is 12.6 Å². The van der Waals surface area contributed by atoms with Crippen LogP contribution in [0.3, 0.4) is 0 Å². The second kappa shape index (κ2) is 9.73. The van der Waals surface area contributed by atoms with Crippen LogP contribution in [0.2, 0.25) is 0 Å². The largest absolute Gasteiger partial charge is 0.346 e. The molecule has 0 bridgehead atoms. The normalized spacial score (nSPS) is 11.8. The van der Waals surface area contributed by atoms with Gasteiger partial charge in [-0.05, 0) is 30.0 Å². The number of para-hydroxylation sites is 1. The van der Waals surface area contributed by atoms with Crippen molar-refractivity contribution >= 4 is 17.5 Å². The molecule has 0 aromatic heterocycles. The van der Waals surface area contributed by atoms with Gasteiger partial charge in [-0.25, -0.2) is 0 Å². The van der Waals surface area contributed by atoms with E-state index in [1.807, 2.05) is 74.5 Å². The summed E-state index contributed by atoms with van der Waals surface area (Å²) in [4.78, 5) is 26.5. The predicted molar refractivity (Wildman–Crippen MR) is 105 cm³/mol. The predicted octanol–water partition coefficient (Wildman–Crippen LogP) is 2.36. The van der Waals surface area contributed by atoms with E-state index in [4.69, 9.17) is 5.73 Å². The lowest BCUT2D eigenvalue weighted by Crippen LogP contribution is -2.48. The van der Waals surface area contributed by atoms with Crippen molar-refractivity contribution < 1.29 is 9.59 Å². The Labute approximate surface area is 155 Å². The standard InChI is InChI=1S/C21H27N3O2/c1-16(2)20(22)21(26)23-15-19(25)24(18-11-7-4-8-12-18)14-13-17-9-5-3-6-10-17/h3-12,16,20H,13-15,22H2,1-2H3,(H,23,26)/t20-/m0/s1. The summed E-state index contributed by atoms with van der Waals surface area (Å²) in [6, 6.07) is 18.9. The summed E-state index contributed by atoms with van der Waals surface area (Å²) in [7, 11) is 0. The van der Waals surface area contributed by atoms with Gasteiger partial charge in [0.1, 0.15) is 0 Å². The van der Waals surface area contributed by atoms with Gasteiger partial charge in [0.2, 0.25) is 11.8 Å². The van der Waals surface area contributed by atoms with Crippen LogP contribution in [-0.4, -0.2) is 30.9 Å². The number of amides is 2. The lowest BCUT2D eigenvalue weighted by Gasteiger charge is -2.24. The highest BCUT2D eigenvalue weighted by atomic mass is 16.2. The number of benzene rings is 2. The van der Waals surface area contributed by atoms with E-state index in [0.29, 0.717) is 6.54 Å². The van der Waals surface area contributed by atoms with Gasteiger partial charge in [-0.15, -0.1) is 0 Å². The molecule has 0 fully saturated rings. The van der Waals surface area contributed by atoms with Crippen LogP contribution in [0.15, 0.2) is 60.7 Å². The molecule has 0 radical (unpaired) electrons. The molecule has 3 N–H and O–H groups in total. The molecule has 0 saturated carbocycles. The minimum Gasteiger partial charge on any atom is -0.346 e. The smallest absolute Gasteiger partial charge is 0.246 e. The highest BCUT2D eigenvalue weighted by Gasteiger charge is 2.20. The minimum absolute atomic E-state index is 0.0217. The van der Waals surface area contributed by atoms with E-state index < -0.39 is 6.04 Å². The molecule has 2 amide bonds. The van der Waals surface area contributed by atoms with Crippen LogP contribution in [0.1, 0.15) is 19.4 Å². The van der Waals surface area contributed by atoms with E-state index in [1.165, 1.54) is 0 Å². The summed E-state index contributed by atoms with van der Waals surface area (Å²) in [5, 5.41) is 2.66. The molecule has 5 nitrogen and oxygen atoms in total. The van der Waals surface area contributed by atoms with Crippen LogP contribution in [0, 0.1) is 5.92 Å². The quantitative estimate of drug-likeness (QED) is 0.765. The molecule has 5 heteroatoms. The van der Waals surface area contributed by atoms with Crippen molar-refractivity contribution in [3.05, 3.63) is 66.2 Å². The molecule has 0 saturated heterocycles. The van der Waals surface area contributed by atoms with E-state index in [9.17, 15) is 9.59 Å². The molecule has 2 aromatic rings. The second-order valence-electron chi connectivity index (χ2n) is 6.60. The lowest BCUT2D eigenvalue weighted by atomic mass is 10.1. The van der Waals surface area contributed by atoms with Crippen LogP contribution in [0.4, 0.5) is 5.69 Å². The van der Waals surface area contributed by atoms with E-state index in [0.717, 1.165) is 17.7 Å². The van der Waals surface area contributed by atoms with Crippen LogP contribution in [0.25, 0.3) is 0 Å². The molecule has 0 aliphatic heterocycles. The Morgan fingerprint density at radius 3 is 2.15 bits per heavy atom. The fourth-order valence-corrected chi connectivity index (χ4v) is 2.57. The molecule has 0 spiro atoms. The first-order valence-electron chi connectivity index (χ1n) is 8.91. The molecule has 0 aliphatic carbocycles. The van der Waals surface area contributed by atoms with E-state index in [-0.39, 0.29) is 24.3 Å². The Kier molecular flexibility index (Phi) is 7.36. The van der Waals surface area contributed by atoms with Crippen molar-refractivity contribution in [2.45, 2.75) is 26.3 Å². The summed E-state index contributed by atoms with van der Waals surface area (Å²) in [5.41, 5.74) is 7.81. The Morgan fingerprint density at radius 2 is 1.58 bits per heavy atom. The first kappa shape index (κ1) is 19.7. The zero-order chi connectivity index (χ0) is 18.9. The Bertz CT molecular complexity index is 702. The van der Waals surface area contributed by atoms with E-state index in [2.05, 4.69) is 5.32 Å². The SMILES string of the molecule is CC(C)[C@H](N)C(=O)NCC(=O)N(CCc1ccccc1)c1ccccc1. The van der Waals surface area contributed by atoms with Gasteiger partial charge in [0.25, 0.3) is 0 Å². The topological polar surface area (TPSA) is 75.4 Å². The zero-order valence-electron chi connectivity index (χ0n) is 15.4. The van der Waals surface area contributed by atoms with Crippen LogP contribution in [0.5, 0.6) is 0 Å². The fraction of sp³-hybridized carbons (Fsp3) is 0.333. The highest BCUT2D eigenvalue weighted by Crippen LogP contribution is 2.14. The molecule has 138 valence electrons. The highest BCUT2D eigenvalue weighted by molar-refractivity contribution is 5.97. The summed E-state index contributed by atoms with van der Waals surface area (Å²) in [6.07, 6.45) is 0.737.